The Morgan fingerprint density at radius 1 is 0.629 bits per heavy atom. The van der Waals surface area contributed by atoms with Crippen molar-refractivity contribution >= 4 is 21.7 Å². The van der Waals surface area contributed by atoms with Crippen LogP contribution in [0.1, 0.15) is 25.0 Å². The first kappa shape index (κ1) is 20.0. The summed E-state index contributed by atoms with van der Waals surface area (Å²) in [5.41, 5.74) is 9.31. The van der Waals surface area contributed by atoms with Crippen molar-refractivity contribution in [3.63, 3.8) is 0 Å². The highest BCUT2D eigenvalue weighted by molar-refractivity contribution is 6.12. The standard InChI is InChI=1S/C32H23N3/c1-32(2)26-11-6-5-10-24(26)30-28(32)27(21-12-14-22(15-13-21)31-33-18-7-19-34-31)25-17-16-20-8-3-4-9-23(20)29(25)35-30/h3-19H,1-2H3. The maximum atomic E-state index is 5.35. The fourth-order valence-corrected chi connectivity index (χ4v) is 5.70. The molecule has 2 heterocycles. The van der Waals surface area contributed by atoms with Gasteiger partial charge in [0.15, 0.2) is 5.82 Å². The summed E-state index contributed by atoms with van der Waals surface area (Å²) in [5.74, 6) is 0.739. The number of hydrogen-bond donors (Lipinski definition) is 0. The van der Waals surface area contributed by atoms with Gasteiger partial charge in [-0.25, -0.2) is 15.0 Å². The third-order valence-electron chi connectivity index (χ3n) is 7.36. The predicted molar refractivity (Wildman–Crippen MR) is 143 cm³/mol. The number of pyridine rings is 1. The maximum absolute atomic E-state index is 5.35. The van der Waals surface area contributed by atoms with Gasteiger partial charge in [-0.3, -0.25) is 0 Å². The third kappa shape index (κ3) is 2.88. The molecule has 0 bridgehead atoms. The smallest absolute Gasteiger partial charge is 0.159 e. The molecule has 4 aromatic carbocycles. The second-order valence-electron chi connectivity index (χ2n) is 9.71. The molecule has 0 saturated carbocycles. The van der Waals surface area contributed by atoms with Crippen molar-refractivity contribution in [2.24, 2.45) is 0 Å². The lowest BCUT2D eigenvalue weighted by molar-refractivity contribution is 0.662. The van der Waals surface area contributed by atoms with Gasteiger partial charge in [0.2, 0.25) is 0 Å². The highest BCUT2D eigenvalue weighted by Crippen LogP contribution is 2.53. The molecule has 3 nitrogen and oxygen atoms in total. The van der Waals surface area contributed by atoms with E-state index in [1.54, 1.807) is 12.4 Å². The molecule has 35 heavy (non-hydrogen) atoms. The summed E-state index contributed by atoms with van der Waals surface area (Å²) in [6.07, 6.45) is 3.56. The van der Waals surface area contributed by atoms with E-state index in [0.29, 0.717) is 0 Å². The van der Waals surface area contributed by atoms with Crippen LogP contribution in [-0.2, 0) is 5.41 Å². The number of fused-ring (bicyclic) bond motifs is 6. The van der Waals surface area contributed by atoms with Crippen molar-refractivity contribution in [3.8, 4) is 33.8 Å². The van der Waals surface area contributed by atoms with Crippen molar-refractivity contribution in [2.75, 3.05) is 0 Å². The summed E-state index contributed by atoms with van der Waals surface area (Å²) in [5, 5.41) is 3.58. The number of rotatable bonds is 2. The normalized spacial score (nSPS) is 13.7. The molecule has 0 fully saturated rings. The summed E-state index contributed by atoms with van der Waals surface area (Å²) >= 11 is 0. The Hall–Kier alpha value is -4.37. The fourth-order valence-electron chi connectivity index (χ4n) is 5.70. The van der Waals surface area contributed by atoms with Gasteiger partial charge in [-0.2, -0.15) is 0 Å². The van der Waals surface area contributed by atoms with E-state index < -0.39 is 0 Å². The van der Waals surface area contributed by atoms with Crippen LogP contribution in [0.4, 0.5) is 0 Å². The Kier molecular flexibility index (Phi) is 4.19. The van der Waals surface area contributed by atoms with Crippen LogP contribution in [0.5, 0.6) is 0 Å². The lowest BCUT2D eigenvalue weighted by Crippen LogP contribution is -2.16. The van der Waals surface area contributed by atoms with Crippen LogP contribution in [0.15, 0.2) is 103 Å². The molecule has 1 aliphatic carbocycles. The molecule has 0 unspecified atom stereocenters. The highest BCUT2D eigenvalue weighted by atomic mass is 14.8. The van der Waals surface area contributed by atoms with Gasteiger partial charge >= 0.3 is 0 Å². The maximum Gasteiger partial charge on any atom is 0.159 e. The van der Waals surface area contributed by atoms with Gasteiger partial charge in [0.1, 0.15) is 0 Å². The van der Waals surface area contributed by atoms with Crippen LogP contribution in [-0.4, -0.2) is 15.0 Å². The van der Waals surface area contributed by atoms with E-state index in [9.17, 15) is 0 Å². The number of nitrogens with zero attached hydrogens (tertiary/aromatic N) is 3. The molecular weight excluding hydrogens is 426 g/mol. The van der Waals surface area contributed by atoms with Crippen molar-refractivity contribution in [2.45, 2.75) is 19.3 Å². The van der Waals surface area contributed by atoms with Crippen molar-refractivity contribution in [1.82, 2.24) is 15.0 Å². The fraction of sp³-hybridized carbons (Fsp3) is 0.0938. The molecule has 0 spiro atoms. The van der Waals surface area contributed by atoms with Crippen LogP contribution in [0, 0.1) is 0 Å². The van der Waals surface area contributed by atoms with E-state index in [1.165, 1.54) is 44.0 Å². The average molecular weight is 450 g/mol. The second-order valence-corrected chi connectivity index (χ2v) is 9.71. The minimum atomic E-state index is -0.157. The molecule has 3 heteroatoms. The molecule has 2 aromatic heterocycles. The molecule has 0 atom stereocenters. The first-order valence-corrected chi connectivity index (χ1v) is 12.0. The van der Waals surface area contributed by atoms with E-state index in [0.717, 1.165) is 22.6 Å². The van der Waals surface area contributed by atoms with E-state index in [2.05, 4.69) is 109 Å². The van der Waals surface area contributed by atoms with Gasteiger partial charge in [0.25, 0.3) is 0 Å². The molecule has 1 aliphatic rings. The number of aromatic nitrogens is 3. The number of hydrogen-bond acceptors (Lipinski definition) is 3. The zero-order valence-corrected chi connectivity index (χ0v) is 19.7. The SMILES string of the molecule is CC1(C)c2ccccc2-c2nc3c(ccc4ccccc43)c(-c3ccc(-c4ncccn4)cc3)c21. The number of benzene rings is 4. The minimum Gasteiger partial charge on any atom is -0.247 e. The lowest BCUT2D eigenvalue weighted by atomic mass is 9.78. The molecule has 0 amide bonds. The van der Waals surface area contributed by atoms with E-state index >= 15 is 0 Å². The van der Waals surface area contributed by atoms with Crippen molar-refractivity contribution < 1.29 is 0 Å². The van der Waals surface area contributed by atoms with Crippen LogP contribution in [0.25, 0.3) is 55.4 Å². The molecule has 6 aromatic rings. The van der Waals surface area contributed by atoms with Crippen molar-refractivity contribution in [3.05, 3.63) is 115 Å². The molecule has 166 valence electrons. The Morgan fingerprint density at radius 2 is 1.34 bits per heavy atom. The molecule has 7 rings (SSSR count). The second kappa shape index (κ2) is 7.31. The van der Waals surface area contributed by atoms with Gasteiger partial charge < -0.3 is 0 Å². The van der Waals surface area contributed by atoms with Crippen LogP contribution in [0.3, 0.4) is 0 Å². The first-order valence-electron chi connectivity index (χ1n) is 12.0. The molecular formula is C32H23N3. The molecule has 0 radical (unpaired) electrons. The minimum absolute atomic E-state index is 0.157. The molecule has 0 aliphatic heterocycles. The zero-order chi connectivity index (χ0) is 23.6. The van der Waals surface area contributed by atoms with E-state index in [4.69, 9.17) is 4.98 Å². The third-order valence-corrected chi connectivity index (χ3v) is 7.36. The average Bonchev–Trinajstić information content (AvgIpc) is 3.14. The van der Waals surface area contributed by atoms with Crippen LogP contribution < -0.4 is 0 Å². The highest BCUT2D eigenvalue weighted by Gasteiger charge is 2.39. The van der Waals surface area contributed by atoms with E-state index in [-0.39, 0.29) is 5.41 Å². The summed E-state index contributed by atoms with van der Waals surface area (Å²) in [4.78, 5) is 14.2. The summed E-state index contributed by atoms with van der Waals surface area (Å²) in [6.45, 7) is 4.64. The monoisotopic (exact) mass is 449 g/mol. The van der Waals surface area contributed by atoms with Crippen LogP contribution in [0.2, 0.25) is 0 Å². The molecule has 0 saturated heterocycles. The first-order chi connectivity index (χ1) is 17.1. The topological polar surface area (TPSA) is 38.7 Å². The van der Waals surface area contributed by atoms with Crippen molar-refractivity contribution in [1.29, 1.82) is 0 Å². The Balaban J connectivity index is 1.57. The van der Waals surface area contributed by atoms with E-state index in [1.807, 2.05) is 6.07 Å². The van der Waals surface area contributed by atoms with Gasteiger partial charge in [-0.1, -0.05) is 98.8 Å². The zero-order valence-electron chi connectivity index (χ0n) is 19.7. The quantitative estimate of drug-likeness (QED) is 0.253. The Labute approximate surface area is 204 Å². The predicted octanol–water partition coefficient (Wildman–Crippen LogP) is 7.82. The lowest BCUT2D eigenvalue weighted by Gasteiger charge is -2.25. The van der Waals surface area contributed by atoms with Gasteiger partial charge in [0, 0.05) is 39.7 Å². The summed E-state index contributed by atoms with van der Waals surface area (Å²) in [6, 6.07) is 32.2. The summed E-state index contributed by atoms with van der Waals surface area (Å²) in [7, 11) is 0. The Bertz CT molecular complexity index is 1750. The molecule has 0 N–H and O–H groups in total. The van der Waals surface area contributed by atoms with Crippen LogP contribution >= 0.6 is 0 Å². The van der Waals surface area contributed by atoms with Gasteiger partial charge in [0.05, 0.1) is 11.2 Å². The van der Waals surface area contributed by atoms with Gasteiger partial charge in [-0.05, 0) is 33.7 Å². The largest absolute Gasteiger partial charge is 0.247 e. The summed E-state index contributed by atoms with van der Waals surface area (Å²) < 4.78 is 0. The van der Waals surface area contributed by atoms with Gasteiger partial charge in [-0.15, -0.1) is 0 Å². The Morgan fingerprint density at radius 3 is 2.17 bits per heavy atom.